The molecule has 0 heterocycles. The third kappa shape index (κ3) is 2.61. The van der Waals surface area contributed by atoms with Crippen LogP contribution in [0, 0.1) is 12.2 Å². The van der Waals surface area contributed by atoms with Gasteiger partial charge in [0.1, 0.15) is 0 Å². The summed E-state index contributed by atoms with van der Waals surface area (Å²) < 4.78 is 52.1. The van der Waals surface area contributed by atoms with E-state index in [9.17, 15) is 17.6 Å². The highest BCUT2D eigenvalue weighted by atomic mass is 19.4. The van der Waals surface area contributed by atoms with Gasteiger partial charge in [0.05, 0.1) is 0 Å². The first-order chi connectivity index (χ1) is 6.96. The van der Waals surface area contributed by atoms with E-state index >= 15 is 0 Å². The second-order valence-corrected chi connectivity index (χ2v) is 3.32. The lowest BCUT2D eigenvalue weighted by molar-refractivity contribution is -0.275. The van der Waals surface area contributed by atoms with Gasteiger partial charge in [0, 0.05) is 0 Å². The smallest absolute Gasteiger partial charge is 0.403 e. The van der Waals surface area contributed by atoms with E-state index in [1.165, 1.54) is 6.07 Å². The van der Waals surface area contributed by atoms with E-state index in [-0.39, 0.29) is 5.92 Å². The highest BCUT2D eigenvalue weighted by molar-refractivity contribution is 5.37. The van der Waals surface area contributed by atoms with Crippen molar-refractivity contribution in [1.29, 1.82) is 0 Å². The topological polar surface area (TPSA) is 9.23 Å². The summed E-state index contributed by atoms with van der Waals surface area (Å²) in [4.78, 5) is 0. The molecule has 15 heavy (non-hydrogen) atoms. The minimum atomic E-state index is -4.85. The normalized spacial score (nSPS) is 16.5. The molecule has 1 aromatic rings. The molecule has 1 aromatic carbocycles. The number of hydrogen-bond donors (Lipinski definition) is 0. The maximum Gasteiger partial charge on any atom is 0.573 e. The minimum Gasteiger partial charge on any atom is -0.403 e. The first-order valence-electron chi connectivity index (χ1n) is 4.34. The summed E-state index contributed by atoms with van der Waals surface area (Å²) in [5.41, 5.74) is 0.649. The van der Waals surface area contributed by atoms with E-state index in [1.54, 1.807) is 0 Å². The molecule has 1 aliphatic carbocycles. The molecule has 1 nitrogen and oxygen atoms in total. The maximum absolute atomic E-state index is 12.9. The maximum atomic E-state index is 12.9. The third-order valence-electron chi connectivity index (χ3n) is 2.08. The van der Waals surface area contributed by atoms with Gasteiger partial charge in [0.2, 0.25) is 0 Å². The lowest BCUT2D eigenvalue weighted by Crippen LogP contribution is -2.18. The number of ether oxygens (including phenoxy) is 1. The Kier molecular flexibility index (Phi) is 2.32. The highest BCUT2D eigenvalue weighted by Crippen LogP contribution is 2.40. The molecule has 0 bridgehead atoms. The molecule has 0 aliphatic heterocycles. The van der Waals surface area contributed by atoms with Crippen LogP contribution in [0.15, 0.2) is 18.2 Å². The van der Waals surface area contributed by atoms with Crippen molar-refractivity contribution in [2.45, 2.75) is 18.7 Å². The molecule has 0 aromatic heterocycles. The van der Waals surface area contributed by atoms with Crippen LogP contribution in [0.25, 0.3) is 0 Å². The van der Waals surface area contributed by atoms with Crippen LogP contribution in [0.4, 0.5) is 17.6 Å². The number of benzene rings is 1. The monoisotopic (exact) mass is 219 g/mol. The zero-order valence-corrected chi connectivity index (χ0v) is 7.51. The Morgan fingerprint density at radius 2 is 1.93 bits per heavy atom. The quantitative estimate of drug-likeness (QED) is 0.692. The van der Waals surface area contributed by atoms with Gasteiger partial charge >= 0.3 is 6.36 Å². The van der Waals surface area contributed by atoms with Crippen molar-refractivity contribution in [2.24, 2.45) is 0 Å². The molecule has 0 N–H and O–H groups in total. The van der Waals surface area contributed by atoms with Crippen molar-refractivity contribution in [1.82, 2.24) is 0 Å². The molecule has 0 saturated heterocycles. The molecule has 81 valence electrons. The van der Waals surface area contributed by atoms with E-state index < -0.39 is 17.9 Å². The van der Waals surface area contributed by atoms with Gasteiger partial charge in [-0.15, -0.1) is 13.2 Å². The molecule has 1 fully saturated rings. The highest BCUT2D eigenvalue weighted by Gasteiger charge is 2.33. The summed E-state index contributed by atoms with van der Waals surface area (Å²) in [6, 6.07) is 3.55. The summed E-state index contributed by atoms with van der Waals surface area (Å²) in [5, 5.41) is 0. The van der Waals surface area contributed by atoms with Crippen LogP contribution in [0.1, 0.15) is 17.9 Å². The van der Waals surface area contributed by atoms with Crippen LogP contribution in [0.5, 0.6) is 5.75 Å². The average molecular weight is 219 g/mol. The molecule has 1 saturated carbocycles. The fourth-order valence-electron chi connectivity index (χ4n) is 1.29. The lowest BCUT2D eigenvalue weighted by Gasteiger charge is -2.10. The van der Waals surface area contributed by atoms with Gasteiger partial charge in [-0.05, 0) is 36.5 Å². The molecule has 1 aliphatic rings. The van der Waals surface area contributed by atoms with Gasteiger partial charge in [0.15, 0.2) is 11.6 Å². The SMILES string of the molecule is Fc1ccc([C@H]2[CH]C2)cc1OC(F)(F)F. The lowest BCUT2D eigenvalue weighted by atomic mass is 10.1. The van der Waals surface area contributed by atoms with Crippen LogP contribution in [-0.4, -0.2) is 6.36 Å². The number of halogens is 4. The molecule has 1 atom stereocenters. The van der Waals surface area contributed by atoms with Gasteiger partial charge in [-0.25, -0.2) is 4.39 Å². The Balaban J connectivity index is 2.24. The summed E-state index contributed by atoms with van der Waals surface area (Å²) >= 11 is 0. The summed E-state index contributed by atoms with van der Waals surface area (Å²) in [7, 11) is 0. The molecule has 1 radical (unpaired) electrons. The van der Waals surface area contributed by atoms with Crippen molar-refractivity contribution in [3.05, 3.63) is 36.0 Å². The largest absolute Gasteiger partial charge is 0.573 e. The standard InChI is InChI=1S/C10H7F4O/c11-8-4-3-7(6-1-2-6)5-9(8)15-10(12,13)14/h1,3-6H,2H2/t6-/m0/s1. The molecule has 5 heteroatoms. The minimum absolute atomic E-state index is 0.140. The predicted molar refractivity (Wildman–Crippen MR) is 44.7 cm³/mol. The van der Waals surface area contributed by atoms with Crippen LogP contribution in [0.3, 0.4) is 0 Å². The van der Waals surface area contributed by atoms with Gasteiger partial charge < -0.3 is 4.74 Å². The number of hydrogen-bond acceptors (Lipinski definition) is 1. The number of alkyl halides is 3. The second kappa shape index (κ2) is 3.40. The molecular weight excluding hydrogens is 212 g/mol. The first kappa shape index (κ1) is 10.3. The Hall–Kier alpha value is -1.26. The Bertz CT molecular complexity index is 368. The Labute approximate surface area is 83.7 Å². The van der Waals surface area contributed by atoms with Crippen molar-refractivity contribution in [3.63, 3.8) is 0 Å². The first-order valence-corrected chi connectivity index (χ1v) is 4.34. The zero-order chi connectivity index (χ0) is 11.1. The van der Waals surface area contributed by atoms with E-state index in [0.29, 0.717) is 5.56 Å². The Morgan fingerprint density at radius 1 is 1.27 bits per heavy atom. The molecule has 2 rings (SSSR count). The fourth-order valence-corrected chi connectivity index (χ4v) is 1.29. The predicted octanol–water partition coefficient (Wildman–Crippen LogP) is 3.42. The van der Waals surface area contributed by atoms with Crippen molar-refractivity contribution in [3.8, 4) is 5.75 Å². The van der Waals surface area contributed by atoms with E-state index in [4.69, 9.17) is 0 Å². The van der Waals surface area contributed by atoms with E-state index in [0.717, 1.165) is 18.6 Å². The van der Waals surface area contributed by atoms with E-state index in [2.05, 4.69) is 4.74 Å². The fraction of sp³-hybridized carbons (Fsp3) is 0.300. The summed E-state index contributed by atoms with van der Waals surface area (Å²) in [6.45, 7) is 0. The molecule has 0 amide bonds. The van der Waals surface area contributed by atoms with Gasteiger partial charge in [0.25, 0.3) is 0 Å². The molecule has 0 unspecified atom stereocenters. The summed E-state index contributed by atoms with van der Waals surface area (Å²) in [6.07, 6.45) is -2.12. The van der Waals surface area contributed by atoms with Gasteiger partial charge in [-0.3, -0.25) is 0 Å². The van der Waals surface area contributed by atoms with Crippen molar-refractivity contribution >= 4 is 0 Å². The third-order valence-corrected chi connectivity index (χ3v) is 2.08. The molecular formula is C10H7F4O. The number of rotatable bonds is 2. The second-order valence-electron chi connectivity index (χ2n) is 3.32. The average Bonchev–Trinajstić information content (AvgIpc) is 2.89. The van der Waals surface area contributed by atoms with Crippen molar-refractivity contribution in [2.75, 3.05) is 0 Å². The molecule has 0 spiro atoms. The van der Waals surface area contributed by atoms with Gasteiger partial charge in [-0.1, -0.05) is 6.07 Å². The van der Waals surface area contributed by atoms with Gasteiger partial charge in [-0.2, -0.15) is 0 Å². The zero-order valence-electron chi connectivity index (χ0n) is 7.51. The Morgan fingerprint density at radius 3 is 2.47 bits per heavy atom. The van der Waals surface area contributed by atoms with Crippen LogP contribution in [-0.2, 0) is 0 Å². The van der Waals surface area contributed by atoms with Crippen molar-refractivity contribution < 1.29 is 22.3 Å². The van der Waals surface area contributed by atoms with Crippen LogP contribution >= 0.6 is 0 Å². The van der Waals surface area contributed by atoms with E-state index in [1.807, 2.05) is 6.42 Å². The van der Waals surface area contributed by atoms with Crippen LogP contribution < -0.4 is 4.74 Å². The summed E-state index contributed by atoms with van der Waals surface area (Å²) in [5.74, 6) is -1.63. The van der Waals surface area contributed by atoms with Crippen LogP contribution in [0.2, 0.25) is 0 Å².